The van der Waals surface area contributed by atoms with Crippen molar-refractivity contribution < 1.29 is 4.79 Å². The van der Waals surface area contributed by atoms with E-state index in [1.165, 1.54) is 4.68 Å². The minimum atomic E-state index is -0.112. The van der Waals surface area contributed by atoms with E-state index in [4.69, 9.17) is 5.73 Å². The lowest BCUT2D eigenvalue weighted by Crippen LogP contribution is -2.27. The zero-order chi connectivity index (χ0) is 13.0. The standard InChI is InChI=1S/C12H15N5O/c1-9-2-3-10(6-14-9)7-15-12(18)8-17-5-4-11(13)16-17/h2-6H,7-8H2,1H3,(H2,13,16)(H,15,18). The maximum atomic E-state index is 11.6. The fourth-order valence-corrected chi connectivity index (χ4v) is 1.47. The number of nitrogens with one attached hydrogen (secondary N) is 1. The van der Waals surface area contributed by atoms with E-state index in [-0.39, 0.29) is 12.5 Å². The highest BCUT2D eigenvalue weighted by molar-refractivity contribution is 5.75. The number of hydrogen-bond donors (Lipinski definition) is 2. The third-order valence-corrected chi connectivity index (χ3v) is 2.43. The number of aryl methyl sites for hydroxylation is 1. The van der Waals surface area contributed by atoms with Crippen molar-refractivity contribution in [2.24, 2.45) is 0 Å². The Morgan fingerprint density at radius 2 is 2.28 bits per heavy atom. The number of amides is 1. The maximum Gasteiger partial charge on any atom is 0.241 e. The molecule has 0 aliphatic rings. The van der Waals surface area contributed by atoms with Crippen LogP contribution < -0.4 is 11.1 Å². The van der Waals surface area contributed by atoms with Crippen LogP contribution in [-0.2, 0) is 17.9 Å². The number of carbonyl (C=O) groups excluding carboxylic acids is 1. The van der Waals surface area contributed by atoms with Gasteiger partial charge in [-0.15, -0.1) is 0 Å². The maximum absolute atomic E-state index is 11.6. The Hall–Kier alpha value is -2.37. The van der Waals surface area contributed by atoms with Gasteiger partial charge in [0.2, 0.25) is 5.91 Å². The second kappa shape index (κ2) is 5.31. The van der Waals surface area contributed by atoms with Crippen LogP contribution in [0.1, 0.15) is 11.3 Å². The first-order valence-electron chi connectivity index (χ1n) is 5.60. The lowest BCUT2D eigenvalue weighted by Gasteiger charge is -2.05. The smallest absolute Gasteiger partial charge is 0.241 e. The van der Waals surface area contributed by atoms with Gasteiger partial charge in [-0.3, -0.25) is 14.5 Å². The van der Waals surface area contributed by atoms with Crippen LogP contribution in [0.2, 0.25) is 0 Å². The first-order valence-corrected chi connectivity index (χ1v) is 5.60. The number of nitrogens with two attached hydrogens (primary N) is 1. The normalized spacial score (nSPS) is 10.3. The number of carbonyl (C=O) groups is 1. The monoisotopic (exact) mass is 245 g/mol. The predicted molar refractivity (Wildman–Crippen MR) is 67.5 cm³/mol. The molecule has 0 saturated heterocycles. The van der Waals surface area contributed by atoms with Gasteiger partial charge in [-0.25, -0.2) is 0 Å². The van der Waals surface area contributed by atoms with Crippen molar-refractivity contribution in [3.63, 3.8) is 0 Å². The van der Waals surface area contributed by atoms with E-state index in [9.17, 15) is 4.79 Å². The minimum absolute atomic E-state index is 0.112. The van der Waals surface area contributed by atoms with Crippen LogP contribution in [0.3, 0.4) is 0 Å². The van der Waals surface area contributed by atoms with Crippen molar-refractivity contribution in [1.82, 2.24) is 20.1 Å². The molecule has 0 radical (unpaired) electrons. The van der Waals surface area contributed by atoms with Gasteiger partial charge in [-0.1, -0.05) is 6.07 Å². The molecule has 0 aliphatic heterocycles. The Labute approximate surface area is 105 Å². The zero-order valence-corrected chi connectivity index (χ0v) is 10.1. The third kappa shape index (κ3) is 3.31. The van der Waals surface area contributed by atoms with Gasteiger partial charge < -0.3 is 11.1 Å². The summed E-state index contributed by atoms with van der Waals surface area (Å²) in [6.45, 7) is 2.55. The lowest BCUT2D eigenvalue weighted by atomic mass is 10.2. The number of hydrogen-bond acceptors (Lipinski definition) is 4. The molecule has 0 bridgehead atoms. The summed E-state index contributed by atoms with van der Waals surface area (Å²) in [5.41, 5.74) is 7.38. The Balaban J connectivity index is 1.83. The molecule has 2 rings (SSSR count). The molecule has 0 atom stereocenters. The molecule has 2 heterocycles. The molecule has 0 saturated carbocycles. The van der Waals surface area contributed by atoms with Gasteiger partial charge in [0.15, 0.2) is 0 Å². The van der Waals surface area contributed by atoms with Crippen molar-refractivity contribution >= 4 is 11.7 Å². The van der Waals surface area contributed by atoms with Crippen molar-refractivity contribution in [3.8, 4) is 0 Å². The molecule has 0 aliphatic carbocycles. The summed E-state index contributed by atoms with van der Waals surface area (Å²) in [6, 6.07) is 5.50. The molecule has 3 N–H and O–H groups in total. The fourth-order valence-electron chi connectivity index (χ4n) is 1.47. The highest BCUT2D eigenvalue weighted by Crippen LogP contribution is 1.99. The SMILES string of the molecule is Cc1ccc(CNC(=O)Cn2ccc(N)n2)cn1. The number of rotatable bonds is 4. The van der Waals surface area contributed by atoms with Gasteiger partial charge >= 0.3 is 0 Å². The molecule has 0 fully saturated rings. The first kappa shape index (κ1) is 12.1. The van der Waals surface area contributed by atoms with Crippen LogP contribution in [0.25, 0.3) is 0 Å². The largest absolute Gasteiger partial charge is 0.382 e. The summed E-state index contributed by atoms with van der Waals surface area (Å²) in [5, 5.41) is 6.73. The molecule has 6 nitrogen and oxygen atoms in total. The molecule has 94 valence electrons. The van der Waals surface area contributed by atoms with Gasteiger partial charge in [0.25, 0.3) is 0 Å². The molecule has 0 unspecified atom stereocenters. The van der Waals surface area contributed by atoms with Crippen LogP contribution in [0.5, 0.6) is 0 Å². The highest BCUT2D eigenvalue weighted by Gasteiger charge is 2.03. The van der Waals surface area contributed by atoms with Crippen molar-refractivity contribution in [2.75, 3.05) is 5.73 Å². The van der Waals surface area contributed by atoms with Gasteiger partial charge in [-0.05, 0) is 24.6 Å². The Bertz CT molecular complexity index is 532. The quantitative estimate of drug-likeness (QED) is 0.820. The molecular formula is C12H15N5O. The van der Waals surface area contributed by atoms with Crippen LogP contribution in [0.4, 0.5) is 5.82 Å². The number of pyridine rings is 1. The zero-order valence-electron chi connectivity index (χ0n) is 10.1. The minimum Gasteiger partial charge on any atom is -0.382 e. The van der Waals surface area contributed by atoms with E-state index in [0.717, 1.165) is 11.3 Å². The average Bonchev–Trinajstić information content (AvgIpc) is 2.74. The van der Waals surface area contributed by atoms with E-state index < -0.39 is 0 Å². The molecule has 6 heteroatoms. The fraction of sp³-hybridized carbons (Fsp3) is 0.250. The molecule has 1 amide bonds. The first-order chi connectivity index (χ1) is 8.63. The van der Waals surface area contributed by atoms with E-state index in [2.05, 4.69) is 15.4 Å². The second-order valence-electron chi connectivity index (χ2n) is 4.02. The number of nitrogens with zero attached hydrogens (tertiary/aromatic N) is 3. The Morgan fingerprint density at radius 1 is 1.44 bits per heavy atom. The second-order valence-corrected chi connectivity index (χ2v) is 4.02. The summed E-state index contributed by atoms with van der Waals surface area (Å²) in [5.74, 6) is 0.296. The molecule has 2 aromatic heterocycles. The number of aromatic nitrogens is 3. The van der Waals surface area contributed by atoms with E-state index >= 15 is 0 Å². The topological polar surface area (TPSA) is 85.8 Å². The van der Waals surface area contributed by atoms with Gasteiger partial charge in [0.1, 0.15) is 12.4 Å². The number of nitrogen functional groups attached to an aromatic ring is 1. The summed E-state index contributed by atoms with van der Waals surface area (Å²) in [7, 11) is 0. The van der Waals surface area contributed by atoms with Gasteiger partial charge in [-0.2, -0.15) is 5.10 Å². The van der Waals surface area contributed by atoms with Crippen LogP contribution in [0, 0.1) is 6.92 Å². The van der Waals surface area contributed by atoms with Gasteiger partial charge in [0, 0.05) is 24.6 Å². The Kier molecular flexibility index (Phi) is 3.57. The average molecular weight is 245 g/mol. The van der Waals surface area contributed by atoms with Crippen molar-refractivity contribution in [2.45, 2.75) is 20.0 Å². The third-order valence-electron chi connectivity index (χ3n) is 2.43. The molecular weight excluding hydrogens is 230 g/mol. The van der Waals surface area contributed by atoms with Crippen LogP contribution in [-0.4, -0.2) is 20.7 Å². The summed E-state index contributed by atoms with van der Waals surface area (Å²) >= 11 is 0. The van der Waals surface area contributed by atoms with E-state index in [1.807, 2.05) is 19.1 Å². The summed E-state index contributed by atoms with van der Waals surface area (Å²) in [4.78, 5) is 15.8. The van der Waals surface area contributed by atoms with Crippen molar-refractivity contribution in [1.29, 1.82) is 0 Å². The van der Waals surface area contributed by atoms with Crippen molar-refractivity contribution in [3.05, 3.63) is 41.9 Å². The number of anilines is 1. The molecule has 0 aromatic carbocycles. The van der Waals surface area contributed by atoms with Crippen LogP contribution in [0.15, 0.2) is 30.6 Å². The van der Waals surface area contributed by atoms with Gasteiger partial charge in [0.05, 0.1) is 0 Å². The van der Waals surface area contributed by atoms with E-state index in [0.29, 0.717) is 12.4 Å². The molecule has 18 heavy (non-hydrogen) atoms. The predicted octanol–water partition coefficient (Wildman–Crippen LogP) is 0.485. The summed E-state index contributed by atoms with van der Waals surface area (Å²) < 4.78 is 1.50. The Morgan fingerprint density at radius 3 is 2.89 bits per heavy atom. The highest BCUT2D eigenvalue weighted by atomic mass is 16.2. The lowest BCUT2D eigenvalue weighted by molar-refractivity contribution is -0.122. The van der Waals surface area contributed by atoms with Crippen LogP contribution >= 0.6 is 0 Å². The molecule has 2 aromatic rings. The summed E-state index contributed by atoms with van der Waals surface area (Å²) in [6.07, 6.45) is 3.42. The molecule has 0 spiro atoms. The van der Waals surface area contributed by atoms with E-state index in [1.54, 1.807) is 18.5 Å².